The maximum absolute atomic E-state index is 11.8. The molecule has 100 valence electrons. The van der Waals surface area contributed by atoms with Gasteiger partial charge < -0.3 is 19.7 Å². The normalized spacial score (nSPS) is 10.2. The summed E-state index contributed by atoms with van der Waals surface area (Å²) >= 11 is 0. The SMILES string of the molecule is COc1ccc(C(=O)NCc2nc(C)no2)c(O)c1. The molecular formula is C12H13N3O4. The number of ether oxygens (including phenoxy) is 1. The average molecular weight is 263 g/mol. The van der Waals surface area contributed by atoms with E-state index in [-0.39, 0.29) is 17.9 Å². The molecule has 7 nitrogen and oxygen atoms in total. The number of carbonyl (C=O) groups is 1. The van der Waals surface area contributed by atoms with E-state index in [0.717, 1.165) is 0 Å². The highest BCUT2D eigenvalue weighted by Gasteiger charge is 2.13. The molecule has 1 aromatic carbocycles. The number of nitrogens with one attached hydrogen (secondary N) is 1. The third-order valence-corrected chi connectivity index (χ3v) is 2.42. The quantitative estimate of drug-likeness (QED) is 0.854. The Bertz CT molecular complexity index is 594. The number of carbonyl (C=O) groups excluding carboxylic acids is 1. The molecule has 1 heterocycles. The molecule has 0 aliphatic carbocycles. The summed E-state index contributed by atoms with van der Waals surface area (Å²) in [6.45, 7) is 1.79. The Labute approximate surface area is 109 Å². The molecule has 7 heteroatoms. The number of nitrogens with zero attached hydrogens (tertiary/aromatic N) is 2. The second-order valence-electron chi connectivity index (χ2n) is 3.80. The number of rotatable bonds is 4. The fraction of sp³-hybridized carbons (Fsp3) is 0.250. The molecule has 1 aromatic heterocycles. The lowest BCUT2D eigenvalue weighted by Gasteiger charge is -2.06. The summed E-state index contributed by atoms with van der Waals surface area (Å²) in [5.74, 6) is 0.687. The van der Waals surface area contributed by atoms with E-state index in [1.807, 2.05) is 0 Å². The smallest absolute Gasteiger partial charge is 0.255 e. The van der Waals surface area contributed by atoms with Crippen LogP contribution >= 0.6 is 0 Å². The van der Waals surface area contributed by atoms with E-state index in [0.29, 0.717) is 17.5 Å². The van der Waals surface area contributed by atoms with Crippen LogP contribution in [-0.2, 0) is 6.54 Å². The van der Waals surface area contributed by atoms with Crippen LogP contribution in [0.25, 0.3) is 0 Å². The topological polar surface area (TPSA) is 97.5 Å². The maximum atomic E-state index is 11.8. The Morgan fingerprint density at radius 1 is 1.53 bits per heavy atom. The summed E-state index contributed by atoms with van der Waals surface area (Å²) < 4.78 is 9.80. The fourth-order valence-electron chi connectivity index (χ4n) is 1.49. The number of phenolic OH excluding ortho intramolecular Hbond substituents is 1. The first-order valence-electron chi connectivity index (χ1n) is 5.54. The highest BCUT2D eigenvalue weighted by molar-refractivity contribution is 5.96. The minimum Gasteiger partial charge on any atom is -0.507 e. The molecule has 0 fully saturated rings. The van der Waals surface area contributed by atoms with Crippen molar-refractivity contribution in [2.75, 3.05) is 7.11 Å². The monoisotopic (exact) mass is 263 g/mol. The van der Waals surface area contributed by atoms with Crippen LogP contribution in [0.5, 0.6) is 11.5 Å². The molecule has 19 heavy (non-hydrogen) atoms. The van der Waals surface area contributed by atoms with Crippen molar-refractivity contribution in [3.05, 3.63) is 35.5 Å². The third-order valence-electron chi connectivity index (χ3n) is 2.42. The van der Waals surface area contributed by atoms with E-state index in [9.17, 15) is 9.90 Å². The number of amides is 1. The van der Waals surface area contributed by atoms with Crippen molar-refractivity contribution in [2.45, 2.75) is 13.5 Å². The van der Waals surface area contributed by atoms with E-state index in [1.54, 1.807) is 13.0 Å². The number of aromatic hydroxyl groups is 1. The largest absolute Gasteiger partial charge is 0.507 e. The zero-order chi connectivity index (χ0) is 13.8. The Kier molecular flexibility index (Phi) is 3.65. The molecule has 2 aromatic rings. The van der Waals surface area contributed by atoms with Crippen molar-refractivity contribution in [1.29, 1.82) is 0 Å². The number of aromatic nitrogens is 2. The van der Waals surface area contributed by atoms with Crippen LogP contribution in [0.2, 0.25) is 0 Å². The molecule has 0 unspecified atom stereocenters. The van der Waals surface area contributed by atoms with Gasteiger partial charge in [-0.05, 0) is 19.1 Å². The first-order valence-corrected chi connectivity index (χ1v) is 5.54. The van der Waals surface area contributed by atoms with Gasteiger partial charge in [0, 0.05) is 6.07 Å². The summed E-state index contributed by atoms with van der Waals surface area (Å²) in [7, 11) is 1.48. The Morgan fingerprint density at radius 3 is 2.89 bits per heavy atom. The summed E-state index contributed by atoms with van der Waals surface area (Å²) in [6.07, 6.45) is 0. The first-order chi connectivity index (χ1) is 9.10. The number of phenols is 1. The van der Waals surface area contributed by atoms with Crippen LogP contribution in [0.15, 0.2) is 22.7 Å². The lowest BCUT2D eigenvalue weighted by Crippen LogP contribution is -2.23. The van der Waals surface area contributed by atoms with Gasteiger partial charge in [-0.25, -0.2) is 0 Å². The second-order valence-corrected chi connectivity index (χ2v) is 3.80. The van der Waals surface area contributed by atoms with Crippen LogP contribution in [0, 0.1) is 6.92 Å². The van der Waals surface area contributed by atoms with E-state index in [2.05, 4.69) is 15.5 Å². The molecule has 2 N–H and O–H groups in total. The number of methoxy groups -OCH3 is 1. The second kappa shape index (κ2) is 5.38. The molecular weight excluding hydrogens is 250 g/mol. The number of hydrogen-bond acceptors (Lipinski definition) is 6. The van der Waals surface area contributed by atoms with Crippen molar-refractivity contribution < 1.29 is 19.2 Å². The van der Waals surface area contributed by atoms with Gasteiger partial charge in [-0.2, -0.15) is 4.98 Å². The highest BCUT2D eigenvalue weighted by atomic mass is 16.5. The zero-order valence-corrected chi connectivity index (χ0v) is 10.5. The number of hydrogen-bond donors (Lipinski definition) is 2. The van der Waals surface area contributed by atoms with Gasteiger partial charge in [0.1, 0.15) is 11.5 Å². The van der Waals surface area contributed by atoms with Crippen LogP contribution in [0.3, 0.4) is 0 Å². The molecule has 0 radical (unpaired) electrons. The van der Waals surface area contributed by atoms with Crippen molar-refractivity contribution in [3.63, 3.8) is 0 Å². The zero-order valence-electron chi connectivity index (χ0n) is 10.5. The summed E-state index contributed by atoms with van der Waals surface area (Å²) in [5, 5.41) is 15.9. The molecule has 0 aliphatic rings. The fourth-order valence-corrected chi connectivity index (χ4v) is 1.49. The number of benzene rings is 1. The Morgan fingerprint density at radius 2 is 2.32 bits per heavy atom. The van der Waals surface area contributed by atoms with Crippen LogP contribution < -0.4 is 10.1 Å². The predicted molar refractivity (Wildman–Crippen MR) is 64.9 cm³/mol. The predicted octanol–water partition coefficient (Wildman–Crippen LogP) is 1.02. The van der Waals surface area contributed by atoms with Gasteiger partial charge in [0.15, 0.2) is 5.82 Å². The molecule has 0 spiro atoms. The maximum Gasteiger partial charge on any atom is 0.255 e. The van der Waals surface area contributed by atoms with Crippen LogP contribution in [0.4, 0.5) is 0 Å². The van der Waals surface area contributed by atoms with Gasteiger partial charge in [0.25, 0.3) is 5.91 Å². The molecule has 0 saturated heterocycles. The van der Waals surface area contributed by atoms with E-state index < -0.39 is 5.91 Å². The molecule has 1 amide bonds. The Hall–Kier alpha value is -2.57. The van der Waals surface area contributed by atoms with Gasteiger partial charge in [0.05, 0.1) is 19.2 Å². The Balaban J connectivity index is 2.03. The molecule has 0 aliphatic heterocycles. The lowest BCUT2D eigenvalue weighted by atomic mass is 10.2. The summed E-state index contributed by atoms with van der Waals surface area (Å²) in [4.78, 5) is 15.8. The van der Waals surface area contributed by atoms with Crippen LogP contribution in [-0.4, -0.2) is 28.3 Å². The van der Waals surface area contributed by atoms with Gasteiger partial charge >= 0.3 is 0 Å². The standard InChI is InChI=1S/C12H13N3O4/c1-7-14-11(19-15-7)6-13-12(17)9-4-3-8(18-2)5-10(9)16/h3-5,16H,6H2,1-2H3,(H,13,17). The van der Waals surface area contributed by atoms with Crippen LogP contribution in [0.1, 0.15) is 22.1 Å². The van der Waals surface area contributed by atoms with Gasteiger partial charge in [-0.15, -0.1) is 0 Å². The van der Waals surface area contributed by atoms with E-state index in [4.69, 9.17) is 9.26 Å². The molecule has 0 atom stereocenters. The first kappa shape index (κ1) is 12.9. The minimum atomic E-state index is -0.434. The lowest BCUT2D eigenvalue weighted by molar-refractivity contribution is 0.0943. The van der Waals surface area contributed by atoms with Crippen molar-refractivity contribution in [3.8, 4) is 11.5 Å². The highest BCUT2D eigenvalue weighted by Crippen LogP contribution is 2.23. The third kappa shape index (κ3) is 3.01. The minimum absolute atomic E-state index is 0.102. The van der Waals surface area contributed by atoms with Gasteiger partial charge in [-0.3, -0.25) is 4.79 Å². The average Bonchev–Trinajstić information content (AvgIpc) is 2.81. The van der Waals surface area contributed by atoms with Gasteiger partial charge in [0.2, 0.25) is 5.89 Å². The molecule has 0 saturated carbocycles. The number of aryl methyl sites for hydroxylation is 1. The van der Waals surface area contributed by atoms with E-state index in [1.165, 1.54) is 19.2 Å². The van der Waals surface area contributed by atoms with Crippen molar-refractivity contribution >= 4 is 5.91 Å². The van der Waals surface area contributed by atoms with Crippen molar-refractivity contribution in [2.24, 2.45) is 0 Å². The van der Waals surface area contributed by atoms with Crippen molar-refractivity contribution in [1.82, 2.24) is 15.5 Å². The van der Waals surface area contributed by atoms with Gasteiger partial charge in [-0.1, -0.05) is 5.16 Å². The summed E-state index contributed by atoms with van der Waals surface area (Å²) in [5.41, 5.74) is 0.150. The molecule has 2 rings (SSSR count). The molecule has 0 bridgehead atoms. The summed E-state index contributed by atoms with van der Waals surface area (Å²) in [6, 6.07) is 4.43. The van der Waals surface area contributed by atoms with E-state index >= 15 is 0 Å².